The van der Waals surface area contributed by atoms with Crippen molar-refractivity contribution in [1.29, 1.82) is 0 Å². The van der Waals surface area contributed by atoms with Gasteiger partial charge in [0.15, 0.2) is 0 Å². The summed E-state index contributed by atoms with van der Waals surface area (Å²) in [6, 6.07) is 35.2. The molecule has 1 amide bonds. The molecule has 5 aromatic carbocycles. The number of aromatic nitrogens is 2. The normalized spacial score (nSPS) is 11.7. The van der Waals surface area contributed by atoms with Crippen LogP contribution in [0.2, 0.25) is 0 Å². The number of benzene rings is 5. The Bertz CT molecular complexity index is 2200. The summed E-state index contributed by atoms with van der Waals surface area (Å²) in [5, 5.41) is 12.8. The maximum Gasteiger partial charge on any atom is 0.336 e. The second-order valence-electron chi connectivity index (χ2n) is 12.7. The van der Waals surface area contributed by atoms with E-state index in [0.29, 0.717) is 41.1 Å². The molecule has 0 radical (unpaired) electrons. The molecule has 0 bridgehead atoms. The number of carboxylic acids is 1. The van der Waals surface area contributed by atoms with Crippen LogP contribution in [0.25, 0.3) is 22.2 Å². The fourth-order valence-electron chi connectivity index (χ4n) is 6.30. The van der Waals surface area contributed by atoms with Crippen molar-refractivity contribution >= 4 is 45.5 Å². The van der Waals surface area contributed by atoms with Crippen LogP contribution >= 0.6 is 11.8 Å². The smallest absolute Gasteiger partial charge is 0.336 e. The zero-order valence-corrected chi connectivity index (χ0v) is 29.5. The second kappa shape index (κ2) is 15.9. The van der Waals surface area contributed by atoms with Crippen molar-refractivity contribution in [2.24, 2.45) is 0 Å². The number of carbonyl (C=O) groups is 3. The lowest BCUT2D eigenvalue weighted by Gasteiger charge is -2.19. The largest absolute Gasteiger partial charge is 0.478 e. The summed E-state index contributed by atoms with van der Waals surface area (Å²) in [7, 11) is 0. The molecule has 6 rings (SSSR count). The lowest BCUT2D eigenvalue weighted by Crippen LogP contribution is -2.38. The molecule has 0 aliphatic heterocycles. The van der Waals surface area contributed by atoms with Gasteiger partial charge in [0, 0.05) is 41.6 Å². The number of hydrogen-bond donors (Lipinski definition) is 3. The van der Waals surface area contributed by atoms with Gasteiger partial charge in [0.05, 0.1) is 16.6 Å². The topological polar surface area (TPSA) is 127 Å². The highest BCUT2D eigenvalue weighted by molar-refractivity contribution is 8.14. The van der Waals surface area contributed by atoms with E-state index in [-0.39, 0.29) is 22.6 Å². The van der Waals surface area contributed by atoms with Crippen LogP contribution in [-0.2, 0) is 19.4 Å². The minimum Gasteiger partial charge on any atom is -0.478 e. The molecule has 4 N–H and O–H groups in total. The Kier molecular flexibility index (Phi) is 11.0. The van der Waals surface area contributed by atoms with Gasteiger partial charge in [-0.2, -0.15) is 0 Å². The number of hydrogen-bond acceptors (Lipinski definition) is 6. The van der Waals surface area contributed by atoms with Gasteiger partial charge in [0.2, 0.25) is 5.12 Å². The quantitative estimate of drug-likeness (QED) is 0.104. The Labute approximate surface area is 301 Å². The molecule has 1 heterocycles. The van der Waals surface area contributed by atoms with Crippen LogP contribution in [-0.4, -0.2) is 43.4 Å². The molecule has 0 aliphatic rings. The first-order valence-electron chi connectivity index (χ1n) is 17.0. The average molecular weight is 697 g/mol. The Morgan fingerprint density at radius 2 is 1.61 bits per heavy atom. The highest BCUT2D eigenvalue weighted by atomic mass is 32.2. The zero-order chi connectivity index (χ0) is 35.9. The highest BCUT2D eigenvalue weighted by Gasteiger charge is 2.21. The Balaban J connectivity index is 1.27. The lowest BCUT2D eigenvalue weighted by atomic mass is 9.98. The van der Waals surface area contributed by atoms with Crippen molar-refractivity contribution in [2.45, 2.75) is 45.7 Å². The van der Waals surface area contributed by atoms with Crippen LogP contribution in [0.5, 0.6) is 0 Å². The number of carbonyl (C=O) groups excluding carboxylic acids is 2. The minimum absolute atomic E-state index is 0.0987. The van der Waals surface area contributed by atoms with Crippen LogP contribution in [0.3, 0.4) is 0 Å². The van der Waals surface area contributed by atoms with Gasteiger partial charge < -0.3 is 20.7 Å². The van der Waals surface area contributed by atoms with Gasteiger partial charge in [-0.25, -0.2) is 9.78 Å². The molecule has 1 atom stereocenters. The van der Waals surface area contributed by atoms with E-state index in [0.717, 1.165) is 52.0 Å². The first-order chi connectivity index (χ1) is 24.7. The first kappa shape index (κ1) is 35.2. The van der Waals surface area contributed by atoms with Crippen molar-refractivity contribution in [3.63, 3.8) is 0 Å². The number of amides is 1. The van der Waals surface area contributed by atoms with E-state index in [1.165, 1.54) is 11.8 Å². The van der Waals surface area contributed by atoms with Crippen molar-refractivity contribution < 1.29 is 19.5 Å². The monoisotopic (exact) mass is 696 g/mol. The molecule has 51 heavy (non-hydrogen) atoms. The molecule has 9 heteroatoms. The zero-order valence-electron chi connectivity index (χ0n) is 28.6. The van der Waals surface area contributed by atoms with Gasteiger partial charge in [0.25, 0.3) is 5.91 Å². The summed E-state index contributed by atoms with van der Waals surface area (Å²) in [6.07, 6.45) is 2.25. The van der Waals surface area contributed by atoms with Crippen molar-refractivity contribution in [3.8, 4) is 11.1 Å². The van der Waals surface area contributed by atoms with Gasteiger partial charge >= 0.3 is 5.97 Å². The van der Waals surface area contributed by atoms with Crippen molar-refractivity contribution in [3.05, 3.63) is 154 Å². The SMILES string of the molecule is CCCc1nc2c(C)cc(C(=O)N[C@@H](CSC(=O)c3cccc(N)c3)Cc3ccccc3)cc2n1Cc1ccc(-c2ccccc2C(=O)O)cc1. The van der Waals surface area contributed by atoms with E-state index >= 15 is 0 Å². The molecule has 0 fully saturated rings. The van der Waals surface area contributed by atoms with Gasteiger partial charge in [-0.1, -0.05) is 104 Å². The van der Waals surface area contributed by atoms with Crippen LogP contribution in [0.4, 0.5) is 5.69 Å². The number of fused-ring (bicyclic) bond motifs is 1. The number of aryl methyl sites for hydroxylation is 2. The third kappa shape index (κ3) is 8.38. The molecule has 0 spiro atoms. The van der Waals surface area contributed by atoms with E-state index in [1.54, 1.807) is 36.4 Å². The number of imidazole rings is 1. The number of aromatic carboxylic acids is 1. The van der Waals surface area contributed by atoms with Gasteiger partial charge in [-0.3, -0.25) is 9.59 Å². The number of nitrogen functional groups attached to an aromatic ring is 1. The second-order valence-corrected chi connectivity index (χ2v) is 13.6. The summed E-state index contributed by atoms with van der Waals surface area (Å²) in [4.78, 5) is 43.8. The standard InChI is InChI=1S/C42H40N4O4S/c1-3-10-38-45-39-27(2)21-32(24-37(39)46(38)25-29-17-19-30(20-18-29)35-15-7-8-16-36(35)41(48)49)40(47)44-34(22-28-11-5-4-6-12-28)26-51-42(50)31-13-9-14-33(43)23-31/h4-9,11-21,23-24,34H,3,10,22,25-26,43H2,1-2H3,(H,44,47)(H,48,49)/t34-/m1/s1. The fraction of sp³-hybridized carbons (Fsp3) is 0.190. The Morgan fingerprint density at radius 1 is 0.863 bits per heavy atom. The molecule has 8 nitrogen and oxygen atoms in total. The number of carboxylic acid groups (broad SMARTS) is 1. The molecule has 0 saturated carbocycles. The van der Waals surface area contributed by atoms with E-state index in [2.05, 4.69) is 16.8 Å². The number of nitrogens with two attached hydrogens (primary N) is 1. The fourth-order valence-corrected chi connectivity index (χ4v) is 7.15. The van der Waals surface area contributed by atoms with E-state index < -0.39 is 5.97 Å². The molecule has 258 valence electrons. The number of thioether (sulfide) groups is 1. The number of anilines is 1. The third-order valence-electron chi connectivity index (χ3n) is 8.82. The van der Waals surface area contributed by atoms with Crippen LogP contribution in [0, 0.1) is 6.92 Å². The summed E-state index contributed by atoms with van der Waals surface area (Å²) >= 11 is 1.17. The Morgan fingerprint density at radius 3 is 2.33 bits per heavy atom. The molecule has 6 aromatic rings. The van der Waals surface area contributed by atoms with E-state index in [4.69, 9.17) is 10.7 Å². The lowest BCUT2D eigenvalue weighted by molar-refractivity contribution is 0.0697. The summed E-state index contributed by atoms with van der Waals surface area (Å²) in [6.45, 7) is 4.63. The summed E-state index contributed by atoms with van der Waals surface area (Å²) < 4.78 is 2.17. The molecular formula is C42H40N4O4S. The average Bonchev–Trinajstić information content (AvgIpc) is 3.48. The molecule has 0 saturated heterocycles. The predicted octanol–water partition coefficient (Wildman–Crippen LogP) is 8.21. The van der Waals surface area contributed by atoms with Gasteiger partial charge in [0.1, 0.15) is 5.82 Å². The van der Waals surface area contributed by atoms with Crippen LogP contribution in [0.1, 0.15) is 66.9 Å². The molecular weight excluding hydrogens is 657 g/mol. The predicted molar refractivity (Wildman–Crippen MR) is 205 cm³/mol. The highest BCUT2D eigenvalue weighted by Crippen LogP contribution is 2.27. The first-order valence-corrected chi connectivity index (χ1v) is 18.0. The van der Waals surface area contributed by atoms with Crippen molar-refractivity contribution in [2.75, 3.05) is 11.5 Å². The number of rotatable bonds is 13. The third-order valence-corrected chi connectivity index (χ3v) is 9.89. The molecule has 0 unspecified atom stereocenters. The number of nitrogens with one attached hydrogen (secondary N) is 1. The minimum atomic E-state index is -0.963. The maximum absolute atomic E-state index is 14.0. The van der Waals surface area contributed by atoms with E-state index in [9.17, 15) is 19.5 Å². The molecule has 0 aliphatic carbocycles. The Hall–Kier alpha value is -5.67. The summed E-state index contributed by atoms with van der Waals surface area (Å²) in [5.74, 6) is 0.146. The van der Waals surface area contributed by atoms with Gasteiger partial charge in [-0.05, 0) is 77.9 Å². The van der Waals surface area contributed by atoms with Crippen LogP contribution in [0.15, 0.2) is 115 Å². The van der Waals surface area contributed by atoms with Crippen LogP contribution < -0.4 is 11.1 Å². The van der Waals surface area contributed by atoms with Gasteiger partial charge in [-0.15, -0.1) is 0 Å². The van der Waals surface area contributed by atoms with Crippen molar-refractivity contribution in [1.82, 2.24) is 14.9 Å². The molecule has 1 aromatic heterocycles. The van der Waals surface area contributed by atoms with E-state index in [1.807, 2.05) is 85.8 Å². The number of nitrogens with zero attached hydrogens (tertiary/aromatic N) is 2. The summed E-state index contributed by atoms with van der Waals surface area (Å²) in [5.41, 5.74) is 14.0. The maximum atomic E-state index is 14.0.